The second kappa shape index (κ2) is 5.05. The van der Waals surface area contributed by atoms with Crippen LogP contribution in [-0.4, -0.2) is 35.3 Å². The lowest BCUT2D eigenvalue weighted by atomic mass is 10.2. The maximum absolute atomic E-state index is 13.3. The standard InChI is InChI=1S/C10H10F3NO3/c11-7-3-6(9(16)17)1-2-8(7)14-4-10(12,13)5-15/h1-3,14-15H,4-5H2,(H,16,17). The fourth-order valence-electron chi connectivity index (χ4n) is 1.07. The minimum absolute atomic E-state index is 0.247. The summed E-state index contributed by atoms with van der Waals surface area (Å²) in [4.78, 5) is 10.5. The van der Waals surface area contributed by atoms with Crippen LogP contribution in [0.2, 0.25) is 0 Å². The van der Waals surface area contributed by atoms with E-state index in [2.05, 4.69) is 5.32 Å². The summed E-state index contributed by atoms with van der Waals surface area (Å²) in [6, 6.07) is 2.86. The number of aliphatic hydroxyl groups is 1. The Balaban J connectivity index is 2.77. The molecule has 0 saturated carbocycles. The van der Waals surface area contributed by atoms with Crippen LogP contribution >= 0.6 is 0 Å². The first-order chi connectivity index (χ1) is 7.85. The van der Waals surface area contributed by atoms with Crippen molar-refractivity contribution >= 4 is 11.7 Å². The van der Waals surface area contributed by atoms with Gasteiger partial charge in [-0.1, -0.05) is 0 Å². The van der Waals surface area contributed by atoms with E-state index in [1.165, 1.54) is 0 Å². The first-order valence-corrected chi connectivity index (χ1v) is 4.61. The van der Waals surface area contributed by atoms with Crippen molar-refractivity contribution in [3.8, 4) is 0 Å². The third-order valence-corrected chi connectivity index (χ3v) is 1.98. The van der Waals surface area contributed by atoms with Crippen LogP contribution in [0, 0.1) is 5.82 Å². The SMILES string of the molecule is O=C(O)c1ccc(NCC(F)(F)CO)c(F)c1. The number of rotatable bonds is 5. The zero-order valence-electron chi connectivity index (χ0n) is 8.58. The third kappa shape index (κ3) is 3.63. The molecule has 3 N–H and O–H groups in total. The average Bonchev–Trinajstić information content (AvgIpc) is 2.27. The van der Waals surface area contributed by atoms with Crippen molar-refractivity contribution in [2.24, 2.45) is 0 Å². The normalized spacial score (nSPS) is 11.3. The van der Waals surface area contributed by atoms with Crippen LogP contribution in [0.5, 0.6) is 0 Å². The Morgan fingerprint density at radius 1 is 1.41 bits per heavy atom. The molecule has 0 aliphatic rings. The Morgan fingerprint density at radius 2 is 2.06 bits per heavy atom. The predicted octanol–water partition coefficient (Wildman–Crippen LogP) is 1.56. The molecule has 17 heavy (non-hydrogen) atoms. The van der Waals surface area contributed by atoms with E-state index in [0.717, 1.165) is 18.2 Å². The number of nitrogens with one attached hydrogen (secondary N) is 1. The number of alkyl halides is 2. The molecule has 1 aromatic carbocycles. The molecule has 0 spiro atoms. The van der Waals surface area contributed by atoms with Crippen molar-refractivity contribution in [3.63, 3.8) is 0 Å². The molecular formula is C10H10F3NO3. The van der Waals surface area contributed by atoms with E-state index in [4.69, 9.17) is 10.2 Å². The van der Waals surface area contributed by atoms with Gasteiger partial charge in [-0.25, -0.2) is 18.0 Å². The molecule has 0 aliphatic carbocycles. The number of carboxylic acids is 1. The Kier molecular flexibility index (Phi) is 3.95. The summed E-state index contributed by atoms with van der Waals surface area (Å²) in [6.07, 6.45) is 0. The van der Waals surface area contributed by atoms with Gasteiger partial charge in [0.15, 0.2) is 0 Å². The lowest BCUT2D eigenvalue weighted by Gasteiger charge is -2.15. The third-order valence-electron chi connectivity index (χ3n) is 1.98. The lowest BCUT2D eigenvalue weighted by molar-refractivity contribution is -0.0373. The van der Waals surface area contributed by atoms with E-state index in [1.807, 2.05) is 0 Å². The minimum Gasteiger partial charge on any atom is -0.478 e. The molecule has 1 rings (SSSR count). The number of carbonyl (C=O) groups is 1. The summed E-state index contributed by atoms with van der Waals surface area (Å²) in [6.45, 7) is -2.29. The number of hydrogen-bond acceptors (Lipinski definition) is 3. The summed E-state index contributed by atoms with van der Waals surface area (Å²) in [5, 5.41) is 18.9. The number of hydrogen-bond donors (Lipinski definition) is 3. The molecule has 0 aromatic heterocycles. The van der Waals surface area contributed by atoms with E-state index in [-0.39, 0.29) is 11.3 Å². The molecule has 7 heteroatoms. The zero-order chi connectivity index (χ0) is 13.1. The molecule has 0 saturated heterocycles. The predicted molar refractivity (Wildman–Crippen MR) is 53.9 cm³/mol. The van der Waals surface area contributed by atoms with Crippen molar-refractivity contribution in [3.05, 3.63) is 29.6 Å². The zero-order valence-corrected chi connectivity index (χ0v) is 8.58. The van der Waals surface area contributed by atoms with E-state index in [9.17, 15) is 18.0 Å². The highest BCUT2D eigenvalue weighted by Gasteiger charge is 2.27. The van der Waals surface area contributed by atoms with Crippen LogP contribution in [0.3, 0.4) is 0 Å². The first kappa shape index (κ1) is 13.3. The van der Waals surface area contributed by atoms with Gasteiger partial charge in [0.2, 0.25) is 0 Å². The van der Waals surface area contributed by atoms with Crippen LogP contribution in [-0.2, 0) is 0 Å². The molecule has 0 atom stereocenters. The van der Waals surface area contributed by atoms with Crippen molar-refractivity contribution < 1.29 is 28.2 Å². The summed E-state index contributed by atoms with van der Waals surface area (Å²) in [7, 11) is 0. The second-order valence-corrected chi connectivity index (χ2v) is 3.37. The Morgan fingerprint density at radius 3 is 2.53 bits per heavy atom. The van der Waals surface area contributed by atoms with Gasteiger partial charge in [0, 0.05) is 0 Å². The molecule has 0 bridgehead atoms. The summed E-state index contributed by atoms with van der Waals surface area (Å²) in [5.74, 6) is -5.62. The van der Waals surface area contributed by atoms with Crippen LogP contribution in [0.25, 0.3) is 0 Å². The van der Waals surface area contributed by atoms with Crippen LogP contribution in [0.1, 0.15) is 10.4 Å². The highest BCUT2D eigenvalue weighted by atomic mass is 19.3. The monoisotopic (exact) mass is 249 g/mol. The van der Waals surface area contributed by atoms with Crippen molar-refractivity contribution in [1.29, 1.82) is 0 Å². The van der Waals surface area contributed by atoms with Crippen LogP contribution < -0.4 is 5.32 Å². The fraction of sp³-hybridized carbons (Fsp3) is 0.300. The molecule has 4 nitrogen and oxygen atoms in total. The number of benzene rings is 1. The molecule has 0 radical (unpaired) electrons. The second-order valence-electron chi connectivity index (χ2n) is 3.37. The van der Waals surface area contributed by atoms with E-state index in [1.54, 1.807) is 0 Å². The van der Waals surface area contributed by atoms with Crippen LogP contribution in [0.15, 0.2) is 18.2 Å². The summed E-state index contributed by atoms with van der Waals surface area (Å²) in [5.41, 5.74) is -0.523. The number of aromatic carboxylic acids is 1. The number of aliphatic hydroxyl groups excluding tert-OH is 1. The van der Waals surface area contributed by atoms with Gasteiger partial charge in [0.05, 0.1) is 17.8 Å². The Bertz CT molecular complexity index is 423. The number of carboxylic acid groups (broad SMARTS) is 1. The molecular weight excluding hydrogens is 239 g/mol. The van der Waals surface area contributed by atoms with Gasteiger partial charge >= 0.3 is 5.97 Å². The topological polar surface area (TPSA) is 69.6 Å². The molecule has 0 fully saturated rings. The van der Waals surface area contributed by atoms with Gasteiger partial charge < -0.3 is 15.5 Å². The molecule has 0 aliphatic heterocycles. The Labute approximate surface area is 94.7 Å². The van der Waals surface area contributed by atoms with Gasteiger partial charge in [0.25, 0.3) is 5.92 Å². The van der Waals surface area contributed by atoms with Crippen LogP contribution in [0.4, 0.5) is 18.9 Å². The largest absolute Gasteiger partial charge is 0.478 e. The summed E-state index contributed by atoms with van der Waals surface area (Å²) < 4.78 is 38.6. The fourth-order valence-corrected chi connectivity index (χ4v) is 1.07. The maximum Gasteiger partial charge on any atom is 0.335 e. The van der Waals surface area contributed by atoms with Crippen molar-refractivity contribution in [2.75, 3.05) is 18.5 Å². The molecule has 0 heterocycles. The van der Waals surface area contributed by atoms with E-state index < -0.39 is 30.9 Å². The molecule has 0 amide bonds. The number of halogens is 3. The molecule has 94 valence electrons. The molecule has 1 aromatic rings. The van der Waals surface area contributed by atoms with Crippen molar-refractivity contribution in [1.82, 2.24) is 0 Å². The minimum atomic E-state index is -3.36. The van der Waals surface area contributed by atoms with Gasteiger partial charge in [-0.3, -0.25) is 0 Å². The van der Waals surface area contributed by atoms with E-state index >= 15 is 0 Å². The van der Waals surface area contributed by atoms with Gasteiger partial charge in [-0.15, -0.1) is 0 Å². The van der Waals surface area contributed by atoms with Gasteiger partial charge in [0.1, 0.15) is 12.4 Å². The van der Waals surface area contributed by atoms with E-state index in [0.29, 0.717) is 0 Å². The lowest BCUT2D eigenvalue weighted by Crippen LogP contribution is -2.31. The first-order valence-electron chi connectivity index (χ1n) is 4.61. The summed E-state index contributed by atoms with van der Waals surface area (Å²) >= 11 is 0. The van der Waals surface area contributed by atoms with Gasteiger partial charge in [-0.05, 0) is 18.2 Å². The quantitative estimate of drug-likeness (QED) is 0.740. The molecule has 0 unspecified atom stereocenters. The smallest absolute Gasteiger partial charge is 0.335 e. The maximum atomic E-state index is 13.3. The van der Waals surface area contributed by atoms with Crippen molar-refractivity contribution in [2.45, 2.75) is 5.92 Å². The average molecular weight is 249 g/mol. The number of anilines is 1. The van der Waals surface area contributed by atoms with Gasteiger partial charge in [-0.2, -0.15) is 0 Å². The Hall–Kier alpha value is -1.76. The highest BCUT2D eigenvalue weighted by molar-refractivity contribution is 5.88. The highest BCUT2D eigenvalue weighted by Crippen LogP contribution is 2.18.